The van der Waals surface area contributed by atoms with Crippen LogP contribution in [0, 0.1) is 13.8 Å². The molecule has 1 amide bonds. The van der Waals surface area contributed by atoms with Crippen LogP contribution in [0.4, 0.5) is 0 Å². The molecular formula is C12H17N3O5S. The number of carboxylic acids is 1. The number of aryl methyl sites for hydroxylation is 1. The van der Waals surface area contributed by atoms with E-state index in [1.807, 2.05) is 0 Å². The summed E-state index contributed by atoms with van der Waals surface area (Å²) in [6.45, 7) is 3.11. The number of nitrogens with one attached hydrogen (secondary N) is 1. The van der Waals surface area contributed by atoms with Crippen molar-refractivity contribution in [3.8, 4) is 0 Å². The molecule has 4 N–H and O–H groups in total. The standard InChI is InChI=1S/C12H17N3O5S/c1-6-9(12(17)18)14-7(2)10(6)21(19,20)15-5-3-4-8(15)11(13)16/h8,14H,3-5H2,1-2H3,(H2,13,16)(H,17,18). The predicted molar refractivity (Wildman–Crippen MR) is 73.3 cm³/mol. The Balaban J connectivity index is 2.55. The van der Waals surface area contributed by atoms with Gasteiger partial charge in [-0.05, 0) is 26.7 Å². The van der Waals surface area contributed by atoms with Gasteiger partial charge < -0.3 is 15.8 Å². The van der Waals surface area contributed by atoms with E-state index in [9.17, 15) is 18.0 Å². The molecule has 0 bridgehead atoms. The molecule has 2 heterocycles. The first-order chi connectivity index (χ1) is 9.67. The molecule has 1 fully saturated rings. The second-order valence-corrected chi connectivity index (χ2v) is 6.89. The highest BCUT2D eigenvalue weighted by atomic mass is 32.2. The van der Waals surface area contributed by atoms with Crippen molar-refractivity contribution in [3.63, 3.8) is 0 Å². The summed E-state index contributed by atoms with van der Waals surface area (Å²) < 4.78 is 26.5. The first-order valence-corrected chi connectivity index (χ1v) is 7.85. The average molecular weight is 315 g/mol. The molecule has 9 heteroatoms. The van der Waals surface area contributed by atoms with Gasteiger partial charge in [0.25, 0.3) is 0 Å². The molecule has 1 aliphatic heterocycles. The molecule has 1 unspecified atom stereocenters. The summed E-state index contributed by atoms with van der Waals surface area (Å²) in [6.07, 6.45) is 0.921. The summed E-state index contributed by atoms with van der Waals surface area (Å²) in [7, 11) is -3.97. The number of H-pyrrole nitrogens is 1. The van der Waals surface area contributed by atoms with Crippen LogP contribution in [0.3, 0.4) is 0 Å². The number of hydrogen-bond acceptors (Lipinski definition) is 4. The number of nitrogens with two attached hydrogens (primary N) is 1. The highest BCUT2D eigenvalue weighted by Gasteiger charge is 2.40. The number of carboxylic acid groups (broad SMARTS) is 1. The molecule has 0 spiro atoms. The minimum absolute atomic E-state index is 0.0898. The Labute approximate surface area is 122 Å². The van der Waals surface area contributed by atoms with Gasteiger partial charge in [-0.2, -0.15) is 4.31 Å². The number of carbonyl (C=O) groups excluding carboxylic acids is 1. The number of rotatable bonds is 4. The molecule has 21 heavy (non-hydrogen) atoms. The molecular weight excluding hydrogens is 298 g/mol. The van der Waals surface area contributed by atoms with Crippen molar-refractivity contribution in [2.24, 2.45) is 5.73 Å². The third kappa shape index (κ3) is 2.42. The first kappa shape index (κ1) is 15.5. The maximum Gasteiger partial charge on any atom is 0.352 e. The molecule has 1 saturated heterocycles. The number of sulfonamides is 1. The van der Waals surface area contributed by atoms with Gasteiger partial charge in [0, 0.05) is 17.8 Å². The minimum Gasteiger partial charge on any atom is -0.477 e. The van der Waals surface area contributed by atoms with Crippen molar-refractivity contribution >= 4 is 21.9 Å². The fourth-order valence-corrected chi connectivity index (χ4v) is 4.84. The van der Waals surface area contributed by atoms with E-state index in [0.29, 0.717) is 12.8 Å². The lowest BCUT2D eigenvalue weighted by Crippen LogP contribution is -2.43. The lowest BCUT2D eigenvalue weighted by Gasteiger charge is -2.22. The lowest BCUT2D eigenvalue weighted by atomic mass is 10.2. The summed E-state index contributed by atoms with van der Waals surface area (Å²) in [5, 5.41) is 9.06. The van der Waals surface area contributed by atoms with E-state index < -0.39 is 27.9 Å². The van der Waals surface area contributed by atoms with E-state index in [1.54, 1.807) is 0 Å². The average Bonchev–Trinajstić information content (AvgIpc) is 2.94. The maximum atomic E-state index is 12.7. The van der Waals surface area contributed by atoms with Gasteiger partial charge in [0.15, 0.2) is 0 Å². The van der Waals surface area contributed by atoms with Gasteiger partial charge in [0.05, 0.1) is 0 Å². The predicted octanol–water partition coefficient (Wildman–Crippen LogP) is -0.0319. The maximum absolute atomic E-state index is 12.7. The van der Waals surface area contributed by atoms with Crippen molar-refractivity contribution in [1.29, 1.82) is 0 Å². The number of amides is 1. The molecule has 0 radical (unpaired) electrons. The van der Waals surface area contributed by atoms with Gasteiger partial charge >= 0.3 is 5.97 Å². The monoisotopic (exact) mass is 315 g/mol. The summed E-state index contributed by atoms with van der Waals surface area (Å²) in [6, 6.07) is -0.878. The van der Waals surface area contributed by atoms with E-state index in [4.69, 9.17) is 10.8 Å². The van der Waals surface area contributed by atoms with Gasteiger partial charge in [-0.3, -0.25) is 4.79 Å². The van der Waals surface area contributed by atoms with Gasteiger partial charge in [-0.25, -0.2) is 13.2 Å². The van der Waals surface area contributed by atoms with Crippen LogP contribution in [-0.2, 0) is 14.8 Å². The molecule has 2 rings (SSSR count). The number of hydrogen-bond donors (Lipinski definition) is 3. The molecule has 8 nitrogen and oxygen atoms in total. The van der Waals surface area contributed by atoms with Gasteiger partial charge in [0.2, 0.25) is 15.9 Å². The second kappa shape index (κ2) is 5.15. The molecule has 1 aliphatic rings. The Morgan fingerprint density at radius 1 is 1.38 bits per heavy atom. The van der Waals surface area contributed by atoms with Gasteiger partial charge in [-0.15, -0.1) is 0 Å². The van der Waals surface area contributed by atoms with Crippen LogP contribution >= 0.6 is 0 Å². The van der Waals surface area contributed by atoms with Crippen molar-refractivity contribution in [2.45, 2.75) is 37.6 Å². The Morgan fingerprint density at radius 3 is 2.48 bits per heavy atom. The van der Waals surface area contributed by atoms with Crippen LogP contribution in [0.1, 0.15) is 34.6 Å². The van der Waals surface area contributed by atoms with Crippen LogP contribution < -0.4 is 5.73 Å². The first-order valence-electron chi connectivity index (χ1n) is 6.41. The Morgan fingerprint density at radius 2 is 2.00 bits per heavy atom. The number of primary amides is 1. The fourth-order valence-electron chi connectivity index (χ4n) is 2.76. The molecule has 1 aromatic heterocycles. The summed E-state index contributed by atoms with van der Waals surface area (Å²) in [4.78, 5) is 25.0. The van der Waals surface area contributed by atoms with E-state index in [2.05, 4.69) is 4.98 Å². The number of aromatic amines is 1. The molecule has 116 valence electrons. The zero-order valence-corrected chi connectivity index (χ0v) is 12.5. The van der Waals surface area contributed by atoms with Crippen molar-refractivity contribution in [2.75, 3.05) is 6.54 Å². The van der Waals surface area contributed by atoms with Crippen molar-refractivity contribution in [3.05, 3.63) is 17.0 Å². The number of aromatic nitrogens is 1. The third-order valence-corrected chi connectivity index (χ3v) is 5.86. The van der Waals surface area contributed by atoms with Crippen LogP contribution in [-0.4, -0.2) is 47.3 Å². The van der Waals surface area contributed by atoms with Crippen LogP contribution in [0.25, 0.3) is 0 Å². The third-order valence-electron chi connectivity index (χ3n) is 3.68. The molecule has 0 saturated carbocycles. The fraction of sp³-hybridized carbons (Fsp3) is 0.500. The minimum atomic E-state index is -3.97. The summed E-state index contributed by atoms with van der Waals surface area (Å²) >= 11 is 0. The molecule has 0 aromatic carbocycles. The molecule has 1 atom stereocenters. The van der Waals surface area contributed by atoms with E-state index in [-0.39, 0.29) is 28.4 Å². The number of carbonyl (C=O) groups is 2. The topological polar surface area (TPSA) is 134 Å². The van der Waals surface area contributed by atoms with Crippen LogP contribution in [0.5, 0.6) is 0 Å². The molecule has 1 aromatic rings. The normalized spacial score (nSPS) is 19.8. The van der Waals surface area contributed by atoms with E-state index in [0.717, 1.165) is 4.31 Å². The van der Waals surface area contributed by atoms with E-state index in [1.165, 1.54) is 13.8 Å². The summed E-state index contributed by atoms with van der Waals surface area (Å²) in [5.41, 5.74) is 5.45. The SMILES string of the molecule is Cc1[nH]c(C(=O)O)c(C)c1S(=O)(=O)N1CCCC1C(N)=O. The van der Waals surface area contributed by atoms with E-state index >= 15 is 0 Å². The quantitative estimate of drug-likeness (QED) is 0.717. The Hall–Kier alpha value is -1.87. The van der Waals surface area contributed by atoms with Crippen molar-refractivity contribution < 1.29 is 23.1 Å². The highest BCUT2D eigenvalue weighted by Crippen LogP contribution is 2.31. The Bertz CT molecular complexity index is 707. The zero-order chi connectivity index (χ0) is 15.9. The van der Waals surface area contributed by atoms with Crippen LogP contribution in [0.15, 0.2) is 4.90 Å². The number of aromatic carboxylic acids is 1. The zero-order valence-electron chi connectivity index (χ0n) is 11.7. The van der Waals surface area contributed by atoms with Crippen LogP contribution in [0.2, 0.25) is 0 Å². The lowest BCUT2D eigenvalue weighted by molar-refractivity contribution is -0.121. The van der Waals surface area contributed by atoms with Crippen molar-refractivity contribution in [1.82, 2.24) is 9.29 Å². The van der Waals surface area contributed by atoms with Gasteiger partial charge in [-0.1, -0.05) is 0 Å². The molecule has 0 aliphatic carbocycles. The Kier molecular flexibility index (Phi) is 3.81. The second-order valence-electron chi connectivity index (χ2n) is 5.06. The highest BCUT2D eigenvalue weighted by molar-refractivity contribution is 7.89. The smallest absolute Gasteiger partial charge is 0.352 e. The summed E-state index contributed by atoms with van der Waals surface area (Å²) in [5.74, 6) is -1.93. The largest absolute Gasteiger partial charge is 0.477 e. The number of nitrogens with zero attached hydrogens (tertiary/aromatic N) is 1. The van der Waals surface area contributed by atoms with Gasteiger partial charge in [0.1, 0.15) is 16.6 Å².